The van der Waals surface area contributed by atoms with E-state index in [0.717, 1.165) is 0 Å². The van der Waals surface area contributed by atoms with E-state index in [4.69, 9.17) is 33.4 Å². The molecule has 1 amide bonds. The molecule has 3 aromatic rings. The van der Waals surface area contributed by atoms with Crippen LogP contribution >= 0.6 is 46.3 Å². The third kappa shape index (κ3) is 5.49. The molecular formula is C27H24Cl2N6O3S2. The van der Waals surface area contributed by atoms with Crippen molar-refractivity contribution in [3.05, 3.63) is 74.6 Å². The van der Waals surface area contributed by atoms with E-state index in [1.54, 1.807) is 35.2 Å². The summed E-state index contributed by atoms with van der Waals surface area (Å²) >= 11 is 14.5. The van der Waals surface area contributed by atoms with Crippen LogP contribution in [0.25, 0.3) is 0 Å². The molecule has 0 spiro atoms. The van der Waals surface area contributed by atoms with Crippen LogP contribution in [0.5, 0.6) is 0 Å². The van der Waals surface area contributed by atoms with Crippen LogP contribution in [0.3, 0.4) is 0 Å². The molecule has 1 unspecified atom stereocenters. The quantitative estimate of drug-likeness (QED) is 0.301. The number of halogens is 2. The van der Waals surface area contributed by atoms with E-state index in [2.05, 4.69) is 21.6 Å². The second kappa shape index (κ2) is 10.9. The van der Waals surface area contributed by atoms with Gasteiger partial charge in [-0.05, 0) is 49.1 Å². The van der Waals surface area contributed by atoms with Crippen molar-refractivity contribution >= 4 is 68.8 Å². The molecule has 0 bridgehead atoms. The Labute approximate surface area is 249 Å². The molecule has 1 aliphatic carbocycles. The molecule has 1 aliphatic heterocycles. The maximum atomic E-state index is 13.6. The first-order valence-electron chi connectivity index (χ1n) is 12.2. The Morgan fingerprint density at radius 2 is 2.08 bits per heavy atom. The molecule has 3 heterocycles. The van der Waals surface area contributed by atoms with Crippen molar-refractivity contribution in [2.45, 2.75) is 43.9 Å². The van der Waals surface area contributed by atoms with Crippen molar-refractivity contribution in [2.24, 2.45) is 11.1 Å². The molecule has 13 heteroatoms. The number of allylic oxidation sites excluding steroid dienone is 3. The summed E-state index contributed by atoms with van der Waals surface area (Å²) in [5.41, 5.74) is 8.13. The monoisotopic (exact) mass is 614 g/mol. The van der Waals surface area contributed by atoms with Crippen molar-refractivity contribution in [3.63, 3.8) is 0 Å². The highest BCUT2D eigenvalue weighted by atomic mass is 35.5. The first-order valence-corrected chi connectivity index (χ1v) is 14.8. The molecule has 2 aromatic heterocycles. The van der Waals surface area contributed by atoms with Gasteiger partial charge in [0.1, 0.15) is 17.3 Å². The topological polar surface area (TPSA) is 138 Å². The minimum atomic E-state index is -0.696. The number of furan rings is 1. The zero-order valence-electron chi connectivity index (χ0n) is 21.7. The number of thioether (sulfide) groups is 1. The molecule has 40 heavy (non-hydrogen) atoms. The van der Waals surface area contributed by atoms with Gasteiger partial charge in [-0.15, -0.1) is 10.2 Å². The second-order valence-electron chi connectivity index (χ2n) is 10.2. The molecule has 0 saturated heterocycles. The lowest BCUT2D eigenvalue weighted by molar-refractivity contribution is -0.118. The highest BCUT2D eigenvalue weighted by Crippen LogP contribution is 2.51. The molecule has 3 N–H and O–H groups in total. The predicted molar refractivity (Wildman–Crippen MR) is 156 cm³/mol. The van der Waals surface area contributed by atoms with E-state index < -0.39 is 5.92 Å². The van der Waals surface area contributed by atoms with Gasteiger partial charge in [0.15, 0.2) is 10.1 Å². The number of nitrogens with two attached hydrogens (primary N) is 1. The summed E-state index contributed by atoms with van der Waals surface area (Å²) in [6, 6.07) is 10.6. The Balaban J connectivity index is 1.44. The number of benzene rings is 1. The van der Waals surface area contributed by atoms with Gasteiger partial charge in [-0.2, -0.15) is 5.26 Å². The number of anilines is 2. The summed E-state index contributed by atoms with van der Waals surface area (Å²) in [6.45, 7) is 5.85. The number of rotatable bonds is 6. The Morgan fingerprint density at radius 1 is 1.30 bits per heavy atom. The number of ketones is 1. The zero-order valence-corrected chi connectivity index (χ0v) is 24.9. The van der Waals surface area contributed by atoms with Crippen molar-refractivity contribution in [1.29, 1.82) is 5.26 Å². The van der Waals surface area contributed by atoms with Gasteiger partial charge in [0.25, 0.3) is 0 Å². The zero-order chi connectivity index (χ0) is 28.8. The van der Waals surface area contributed by atoms with E-state index in [1.807, 2.05) is 20.8 Å². The first-order chi connectivity index (χ1) is 19.0. The summed E-state index contributed by atoms with van der Waals surface area (Å²) in [5, 5.41) is 22.7. The van der Waals surface area contributed by atoms with Gasteiger partial charge in [-0.3, -0.25) is 14.5 Å². The fraction of sp³-hybridized carbons (Fsp3) is 0.296. The molecule has 1 aromatic carbocycles. The van der Waals surface area contributed by atoms with Crippen LogP contribution in [0.15, 0.2) is 61.8 Å². The Bertz CT molecular complexity index is 1630. The maximum absolute atomic E-state index is 13.6. The summed E-state index contributed by atoms with van der Waals surface area (Å²) < 4.78 is 6.40. The highest BCUT2D eigenvalue weighted by molar-refractivity contribution is 8.01. The van der Waals surface area contributed by atoms with Gasteiger partial charge < -0.3 is 15.5 Å². The van der Waals surface area contributed by atoms with Gasteiger partial charge in [0, 0.05) is 22.7 Å². The van der Waals surface area contributed by atoms with Crippen LogP contribution in [0.1, 0.15) is 44.1 Å². The number of carbonyl (C=O) groups is 2. The van der Waals surface area contributed by atoms with Crippen LogP contribution in [0.2, 0.25) is 10.0 Å². The number of nitrogens with one attached hydrogen (secondary N) is 1. The van der Waals surface area contributed by atoms with Gasteiger partial charge in [0.05, 0.1) is 34.0 Å². The van der Waals surface area contributed by atoms with Crippen LogP contribution in [0, 0.1) is 23.7 Å². The predicted octanol–water partition coefficient (Wildman–Crippen LogP) is 6.42. The van der Waals surface area contributed by atoms with Crippen molar-refractivity contribution in [1.82, 2.24) is 10.2 Å². The van der Waals surface area contributed by atoms with Crippen LogP contribution in [-0.2, 0) is 9.59 Å². The van der Waals surface area contributed by atoms with Gasteiger partial charge in [-0.1, -0.05) is 60.1 Å². The third-order valence-electron chi connectivity index (χ3n) is 6.55. The number of carbonyl (C=O) groups excluding carboxylic acids is 2. The molecule has 206 valence electrons. The van der Waals surface area contributed by atoms with E-state index in [9.17, 15) is 14.9 Å². The SMILES string of the molecule is Cc1ccc(C2C(C#N)=C(N)N(c3nnc(SCC(=O)Nc4ccc(Cl)cc4Cl)s3)C3=C2C(=O)CC(C)(C)C3)o1. The normalized spacial score (nSPS) is 18.6. The van der Waals surface area contributed by atoms with Crippen LogP contribution in [0.4, 0.5) is 10.8 Å². The molecule has 5 rings (SSSR count). The lowest BCUT2D eigenvalue weighted by atomic mass is 9.69. The number of aryl methyl sites for hydroxylation is 1. The van der Waals surface area contributed by atoms with Crippen LogP contribution in [-0.4, -0.2) is 27.6 Å². The molecule has 0 radical (unpaired) electrons. The van der Waals surface area contributed by atoms with E-state index in [0.29, 0.717) is 60.8 Å². The fourth-order valence-corrected chi connectivity index (χ4v) is 7.01. The summed E-state index contributed by atoms with van der Waals surface area (Å²) in [4.78, 5) is 27.8. The smallest absolute Gasteiger partial charge is 0.234 e. The molecule has 2 aliphatic rings. The molecule has 1 atom stereocenters. The maximum Gasteiger partial charge on any atom is 0.234 e. The van der Waals surface area contributed by atoms with Crippen molar-refractivity contribution in [3.8, 4) is 6.07 Å². The summed E-state index contributed by atoms with van der Waals surface area (Å²) in [7, 11) is 0. The Kier molecular flexibility index (Phi) is 7.72. The van der Waals surface area contributed by atoms with Crippen LogP contribution < -0.4 is 16.0 Å². The molecule has 0 saturated carbocycles. The lowest BCUT2D eigenvalue weighted by Gasteiger charge is -2.42. The summed E-state index contributed by atoms with van der Waals surface area (Å²) in [6.07, 6.45) is 0.869. The fourth-order valence-electron chi connectivity index (χ4n) is 4.88. The number of amides is 1. The average molecular weight is 616 g/mol. The largest absolute Gasteiger partial charge is 0.465 e. The van der Waals surface area contributed by atoms with Crippen molar-refractivity contribution < 1.29 is 14.0 Å². The minimum absolute atomic E-state index is 0.0573. The highest BCUT2D eigenvalue weighted by Gasteiger charge is 2.46. The number of Topliss-reactive ketones (excluding diaryl/α,β-unsaturated/α-hetero) is 1. The molecule has 0 fully saturated rings. The lowest BCUT2D eigenvalue weighted by Crippen LogP contribution is -2.42. The standard InChI is InChI=1S/C27H24Cl2N6O3S2/c1-13-4-7-20(38-13)22-15(11-30)24(31)35(18-9-27(2,3)10-19(36)23(18)22)25-33-34-26(40-25)39-12-21(37)32-17-6-5-14(28)8-16(17)29/h4-8,22H,9-10,12,31H2,1-3H3,(H,32,37). The number of hydrogen-bond donors (Lipinski definition) is 2. The third-order valence-corrected chi connectivity index (χ3v) is 9.14. The minimum Gasteiger partial charge on any atom is -0.465 e. The Morgan fingerprint density at radius 3 is 2.75 bits per heavy atom. The summed E-state index contributed by atoms with van der Waals surface area (Å²) in [5.74, 6) is 0.363. The van der Waals surface area contributed by atoms with E-state index >= 15 is 0 Å². The van der Waals surface area contributed by atoms with Gasteiger partial charge in [-0.25, -0.2) is 0 Å². The van der Waals surface area contributed by atoms with E-state index in [-0.39, 0.29) is 34.3 Å². The molecule has 9 nitrogen and oxygen atoms in total. The number of hydrogen-bond acceptors (Lipinski definition) is 10. The van der Waals surface area contributed by atoms with E-state index in [1.165, 1.54) is 23.1 Å². The number of nitriles is 1. The Hall–Kier alpha value is -3.30. The second-order valence-corrected chi connectivity index (χ2v) is 13.3. The van der Waals surface area contributed by atoms with Gasteiger partial charge in [0.2, 0.25) is 11.0 Å². The first kappa shape index (κ1) is 28.2. The number of nitrogens with zero attached hydrogens (tertiary/aromatic N) is 4. The van der Waals surface area contributed by atoms with Crippen molar-refractivity contribution in [2.75, 3.05) is 16.0 Å². The molecular weight excluding hydrogens is 591 g/mol. The van der Waals surface area contributed by atoms with Gasteiger partial charge >= 0.3 is 0 Å². The average Bonchev–Trinajstić information content (AvgIpc) is 3.52. The number of aromatic nitrogens is 2.